The van der Waals surface area contributed by atoms with E-state index in [0.717, 1.165) is 39.5 Å². The number of carbonyl (C=O) groups is 1. The van der Waals surface area contributed by atoms with E-state index in [2.05, 4.69) is 32.2 Å². The Labute approximate surface area is 204 Å². The number of fused-ring (bicyclic) bond motifs is 1. The molecule has 0 aliphatic heterocycles. The van der Waals surface area contributed by atoms with Gasteiger partial charge in [0, 0.05) is 11.6 Å². The maximum absolute atomic E-state index is 12.6. The number of thiophene rings is 1. The molecule has 170 valence electrons. The van der Waals surface area contributed by atoms with Gasteiger partial charge in [0.2, 0.25) is 0 Å². The van der Waals surface area contributed by atoms with Crippen molar-refractivity contribution in [1.82, 2.24) is 14.4 Å². The molecular weight excluding hydrogens is 464 g/mol. The molecule has 9 heteroatoms. The first-order valence-corrected chi connectivity index (χ1v) is 12.8. The zero-order valence-corrected chi connectivity index (χ0v) is 19.8. The Morgan fingerprint density at radius 3 is 2.88 bits per heavy atom. The van der Waals surface area contributed by atoms with Gasteiger partial charge < -0.3 is 16.4 Å². The standard InChI is InChI=1S/C25H22N6OS2/c26-17-5-1-2-6-18(17)28-24(32)21-9-10-22(34-21)30-25-29-19(14-33-25)20-13-27-23-16(12-15-7-8-15)4-3-11-31(20)23/h1-6,9-11,13-15H,7-8,12,26H2,(H,28,32)(H,29,30). The van der Waals surface area contributed by atoms with Gasteiger partial charge in [0.15, 0.2) is 5.13 Å². The monoisotopic (exact) mass is 486 g/mol. The summed E-state index contributed by atoms with van der Waals surface area (Å²) in [5.74, 6) is 0.618. The molecular formula is C25H22N6OS2. The first-order valence-electron chi connectivity index (χ1n) is 11.1. The Morgan fingerprint density at radius 1 is 1.15 bits per heavy atom. The molecule has 4 N–H and O–H groups in total. The zero-order chi connectivity index (χ0) is 23.1. The van der Waals surface area contributed by atoms with Crippen molar-refractivity contribution >= 4 is 55.7 Å². The molecule has 1 aliphatic carbocycles. The maximum Gasteiger partial charge on any atom is 0.265 e. The van der Waals surface area contributed by atoms with Crippen LogP contribution in [0.25, 0.3) is 17.0 Å². The minimum absolute atomic E-state index is 0.191. The number of benzene rings is 1. The van der Waals surface area contributed by atoms with Crippen LogP contribution in [0.2, 0.25) is 0 Å². The van der Waals surface area contributed by atoms with Crippen LogP contribution in [0.1, 0.15) is 28.1 Å². The van der Waals surface area contributed by atoms with Crippen LogP contribution in [0.15, 0.2) is 66.3 Å². The number of pyridine rings is 1. The van der Waals surface area contributed by atoms with Crippen molar-refractivity contribution < 1.29 is 4.79 Å². The van der Waals surface area contributed by atoms with Crippen LogP contribution < -0.4 is 16.4 Å². The van der Waals surface area contributed by atoms with Gasteiger partial charge in [-0.3, -0.25) is 9.20 Å². The number of nitrogen functional groups attached to an aromatic ring is 1. The summed E-state index contributed by atoms with van der Waals surface area (Å²) in [5.41, 5.74) is 11.2. The summed E-state index contributed by atoms with van der Waals surface area (Å²) in [6, 6.07) is 15.2. The summed E-state index contributed by atoms with van der Waals surface area (Å²) in [6.07, 6.45) is 7.68. The van der Waals surface area contributed by atoms with Crippen LogP contribution in [0.4, 0.5) is 21.5 Å². The van der Waals surface area contributed by atoms with Crippen LogP contribution in [0.5, 0.6) is 0 Å². The van der Waals surface area contributed by atoms with Crippen LogP contribution >= 0.6 is 22.7 Å². The first kappa shape index (κ1) is 20.9. The molecule has 0 saturated heterocycles. The highest BCUT2D eigenvalue weighted by molar-refractivity contribution is 7.19. The molecule has 6 rings (SSSR count). The number of anilines is 4. The first-order chi connectivity index (χ1) is 16.6. The molecule has 0 unspecified atom stereocenters. The lowest BCUT2D eigenvalue weighted by Crippen LogP contribution is -2.11. The molecule has 7 nitrogen and oxygen atoms in total. The van der Waals surface area contributed by atoms with E-state index in [4.69, 9.17) is 10.7 Å². The minimum Gasteiger partial charge on any atom is -0.397 e. The molecule has 1 aromatic carbocycles. The van der Waals surface area contributed by atoms with Crippen LogP contribution in [0.3, 0.4) is 0 Å². The van der Waals surface area contributed by atoms with Crippen molar-refractivity contribution in [3.05, 3.63) is 76.7 Å². The van der Waals surface area contributed by atoms with Crippen molar-refractivity contribution in [2.75, 3.05) is 16.4 Å². The number of nitrogens with two attached hydrogens (primary N) is 1. The van der Waals surface area contributed by atoms with Crippen LogP contribution in [-0.2, 0) is 6.42 Å². The molecule has 0 radical (unpaired) electrons. The van der Waals surface area contributed by atoms with Crippen molar-refractivity contribution in [3.63, 3.8) is 0 Å². The summed E-state index contributed by atoms with van der Waals surface area (Å²) in [6.45, 7) is 0. The molecule has 1 aliphatic rings. The lowest BCUT2D eigenvalue weighted by atomic mass is 10.1. The number of rotatable bonds is 7. The molecule has 5 aromatic rings. The fraction of sp³-hybridized carbons (Fsp3) is 0.160. The van der Waals surface area contributed by atoms with Gasteiger partial charge >= 0.3 is 0 Å². The third-order valence-corrected chi connectivity index (χ3v) is 7.61. The number of hydrogen-bond acceptors (Lipinski definition) is 7. The summed E-state index contributed by atoms with van der Waals surface area (Å²) >= 11 is 2.89. The number of aromatic nitrogens is 3. The molecule has 0 bridgehead atoms. The van der Waals surface area contributed by atoms with E-state index in [1.165, 1.54) is 41.1 Å². The average molecular weight is 487 g/mol. The van der Waals surface area contributed by atoms with Crippen molar-refractivity contribution in [2.24, 2.45) is 5.92 Å². The van der Waals surface area contributed by atoms with Crippen molar-refractivity contribution in [3.8, 4) is 11.4 Å². The number of carbonyl (C=O) groups excluding carboxylic acids is 1. The smallest absolute Gasteiger partial charge is 0.265 e. The Bertz CT molecular complexity index is 1500. The van der Waals surface area contributed by atoms with Gasteiger partial charge in [-0.25, -0.2) is 9.97 Å². The number of amides is 1. The highest BCUT2D eigenvalue weighted by Gasteiger charge is 2.23. The SMILES string of the molecule is Nc1ccccc1NC(=O)c1ccc(Nc2nc(-c3cnc4c(CC5CC5)cccn34)cs2)s1. The second-order valence-corrected chi connectivity index (χ2v) is 10.3. The molecule has 4 aromatic heterocycles. The van der Waals surface area contributed by atoms with Crippen molar-refractivity contribution in [1.29, 1.82) is 0 Å². The normalized spacial score (nSPS) is 13.3. The molecule has 1 saturated carbocycles. The summed E-state index contributed by atoms with van der Waals surface area (Å²) in [5, 5.41) is 9.82. The Morgan fingerprint density at radius 2 is 2.03 bits per heavy atom. The quantitative estimate of drug-likeness (QED) is 0.243. The fourth-order valence-corrected chi connectivity index (χ4v) is 5.51. The predicted octanol–water partition coefficient (Wildman–Crippen LogP) is 6.05. The van der Waals surface area contributed by atoms with E-state index in [9.17, 15) is 4.79 Å². The lowest BCUT2D eigenvalue weighted by Gasteiger charge is -2.06. The molecule has 1 amide bonds. The third kappa shape index (κ3) is 4.15. The van der Waals surface area contributed by atoms with Gasteiger partial charge in [0.25, 0.3) is 5.91 Å². The molecule has 4 heterocycles. The predicted molar refractivity (Wildman–Crippen MR) is 139 cm³/mol. The van der Waals surface area contributed by atoms with E-state index in [-0.39, 0.29) is 5.91 Å². The van der Waals surface area contributed by atoms with Crippen LogP contribution in [-0.4, -0.2) is 20.3 Å². The average Bonchev–Trinajstić information content (AvgIpc) is 3.21. The zero-order valence-electron chi connectivity index (χ0n) is 18.2. The Kier molecular flexibility index (Phi) is 5.27. The molecule has 0 atom stereocenters. The summed E-state index contributed by atoms with van der Waals surface area (Å²) in [4.78, 5) is 22.7. The highest BCUT2D eigenvalue weighted by Crippen LogP contribution is 2.35. The van der Waals surface area contributed by atoms with E-state index in [0.29, 0.717) is 16.3 Å². The number of nitrogens with zero attached hydrogens (tertiary/aromatic N) is 3. The Balaban J connectivity index is 1.18. The van der Waals surface area contributed by atoms with Gasteiger partial charge in [-0.15, -0.1) is 22.7 Å². The van der Waals surface area contributed by atoms with E-state index in [1.807, 2.05) is 36.0 Å². The van der Waals surface area contributed by atoms with Gasteiger partial charge in [-0.2, -0.15) is 0 Å². The second-order valence-electron chi connectivity index (χ2n) is 8.39. The highest BCUT2D eigenvalue weighted by atomic mass is 32.1. The number of hydrogen-bond donors (Lipinski definition) is 3. The largest absolute Gasteiger partial charge is 0.397 e. The summed E-state index contributed by atoms with van der Waals surface area (Å²) in [7, 11) is 0. The van der Waals surface area contributed by atoms with E-state index >= 15 is 0 Å². The summed E-state index contributed by atoms with van der Waals surface area (Å²) < 4.78 is 2.12. The Hall–Kier alpha value is -3.69. The van der Waals surface area contributed by atoms with Gasteiger partial charge in [-0.1, -0.05) is 18.2 Å². The van der Waals surface area contributed by atoms with Gasteiger partial charge in [0.05, 0.1) is 33.1 Å². The number of para-hydroxylation sites is 2. The maximum atomic E-state index is 12.6. The van der Waals surface area contributed by atoms with Gasteiger partial charge in [0.1, 0.15) is 11.3 Å². The topological polar surface area (TPSA) is 97.3 Å². The number of nitrogens with one attached hydrogen (secondary N) is 2. The van der Waals surface area contributed by atoms with Crippen LogP contribution in [0, 0.1) is 5.92 Å². The third-order valence-electron chi connectivity index (χ3n) is 5.86. The lowest BCUT2D eigenvalue weighted by molar-refractivity contribution is 0.103. The number of imidazole rings is 1. The van der Waals surface area contributed by atoms with E-state index in [1.54, 1.807) is 18.2 Å². The molecule has 34 heavy (non-hydrogen) atoms. The number of thiazole rings is 1. The minimum atomic E-state index is -0.191. The van der Waals surface area contributed by atoms with Crippen molar-refractivity contribution in [2.45, 2.75) is 19.3 Å². The second kappa shape index (κ2) is 8.58. The van der Waals surface area contributed by atoms with E-state index < -0.39 is 0 Å². The molecule has 0 spiro atoms. The van der Waals surface area contributed by atoms with Gasteiger partial charge in [-0.05, 0) is 61.1 Å². The fourth-order valence-electron chi connectivity index (χ4n) is 3.93. The molecule has 1 fully saturated rings.